The number of hydrogen-bond acceptors (Lipinski definition) is 2. The first-order valence-corrected chi connectivity index (χ1v) is 5.20. The van der Waals surface area contributed by atoms with E-state index in [1.165, 1.54) is 0 Å². The highest BCUT2D eigenvalue weighted by atomic mass is 15.3. The smallest absolute Gasteiger partial charge is 0.0703 e. The number of aryl methyl sites for hydroxylation is 1. The van der Waals surface area contributed by atoms with Gasteiger partial charge in [0.05, 0.1) is 11.2 Å². The van der Waals surface area contributed by atoms with Crippen LogP contribution in [0.25, 0.3) is 16.6 Å². The zero-order valence-corrected chi connectivity index (χ0v) is 8.96. The Balaban J connectivity index is 2.23. The second-order valence-electron chi connectivity index (χ2n) is 3.76. The molecule has 3 rings (SSSR count). The molecule has 0 fully saturated rings. The number of fused-ring (bicyclic) bond motifs is 1. The molecule has 0 aliphatic carbocycles. The standard InChI is InChI=1S/C13H11N3/c1-10-6-8-15-16(10)12-4-5-13-11(9-12)3-2-7-14-13/h2-9H,1H3. The number of pyridine rings is 1. The van der Waals surface area contributed by atoms with Crippen LogP contribution in [0.5, 0.6) is 0 Å². The number of nitrogens with zero attached hydrogens (tertiary/aromatic N) is 3. The summed E-state index contributed by atoms with van der Waals surface area (Å²) >= 11 is 0. The average molecular weight is 209 g/mol. The maximum atomic E-state index is 4.30. The molecule has 0 atom stereocenters. The highest BCUT2D eigenvalue weighted by molar-refractivity contribution is 5.80. The summed E-state index contributed by atoms with van der Waals surface area (Å²) in [4.78, 5) is 4.30. The van der Waals surface area contributed by atoms with Crippen LogP contribution < -0.4 is 0 Å². The van der Waals surface area contributed by atoms with E-state index in [2.05, 4.69) is 22.2 Å². The Kier molecular flexibility index (Phi) is 1.96. The summed E-state index contributed by atoms with van der Waals surface area (Å²) in [7, 11) is 0. The monoisotopic (exact) mass is 209 g/mol. The van der Waals surface area contributed by atoms with Crippen molar-refractivity contribution in [2.75, 3.05) is 0 Å². The summed E-state index contributed by atoms with van der Waals surface area (Å²) < 4.78 is 1.92. The molecule has 0 N–H and O–H groups in total. The predicted octanol–water partition coefficient (Wildman–Crippen LogP) is 2.73. The van der Waals surface area contributed by atoms with E-state index in [9.17, 15) is 0 Å². The Morgan fingerprint density at radius 3 is 2.81 bits per heavy atom. The van der Waals surface area contributed by atoms with Gasteiger partial charge in [0, 0.05) is 23.5 Å². The van der Waals surface area contributed by atoms with Crippen molar-refractivity contribution in [2.24, 2.45) is 0 Å². The lowest BCUT2D eigenvalue weighted by Gasteiger charge is -2.05. The van der Waals surface area contributed by atoms with Crippen molar-refractivity contribution in [2.45, 2.75) is 6.92 Å². The van der Waals surface area contributed by atoms with Crippen molar-refractivity contribution in [3.63, 3.8) is 0 Å². The molecule has 0 aliphatic heterocycles. The van der Waals surface area contributed by atoms with Crippen molar-refractivity contribution in [1.82, 2.24) is 14.8 Å². The summed E-state index contributed by atoms with van der Waals surface area (Å²) in [6.07, 6.45) is 3.62. The first-order valence-electron chi connectivity index (χ1n) is 5.20. The lowest BCUT2D eigenvalue weighted by molar-refractivity contribution is 0.848. The van der Waals surface area contributed by atoms with Crippen LogP contribution in [0.4, 0.5) is 0 Å². The zero-order chi connectivity index (χ0) is 11.0. The van der Waals surface area contributed by atoms with Crippen LogP contribution in [0, 0.1) is 6.92 Å². The van der Waals surface area contributed by atoms with Crippen molar-refractivity contribution in [3.8, 4) is 5.69 Å². The highest BCUT2D eigenvalue weighted by Gasteiger charge is 2.01. The Morgan fingerprint density at radius 2 is 2.00 bits per heavy atom. The third kappa shape index (κ3) is 1.37. The molecule has 3 heteroatoms. The fraction of sp³-hybridized carbons (Fsp3) is 0.0769. The highest BCUT2D eigenvalue weighted by Crippen LogP contribution is 2.17. The molecule has 0 unspecified atom stereocenters. The van der Waals surface area contributed by atoms with Crippen molar-refractivity contribution < 1.29 is 0 Å². The molecule has 78 valence electrons. The predicted molar refractivity (Wildman–Crippen MR) is 63.6 cm³/mol. The quantitative estimate of drug-likeness (QED) is 0.617. The normalized spacial score (nSPS) is 10.8. The Morgan fingerprint density at radius 1 is 1.06 bits per heavy atom. The lowest BCUT2D eigenvalue weighted by Crippen LogP contribution is -1.98. The fourth-order valence-electron chi connectivity index (χ4n) is 1.83. The van der Waals surface area contributed by atoms with Crippen LogP contribution >= 0.6 is 0 Å². The minimum absolute atomic E-state index is 1.01. The zero-order valence-electron chi connectivity index (χ0n) is 8.96. The molecule has 2 aromatic heterocycles. The molecule has 0 bridgehead atoms. The van der Waals surface area contributed by atoms with Gasteiger partial charge in [-0.05, 0) is 37.3 Å². The molecule has 3 nitrogen and oxygen atoms in total. The number of aromatic nitrogens is 3. The van der Waals surface area contributed by atoms with Crippen molar-refractivity contribution >= 4 is 10.9 Å². The number of benzene rings is 1. The van der Waals surface area contributed by atoms with Gasteiger partial charge in [0.15, 0.2) is 0 Å². The van der Waals surface area contributed by atoms with Crippen LogP contribution in [0.15, 0.2) is 48.8 Å². The van der Waals surface area contributed by atoms with Crippen LogP contribution in [-0.2, 0) is 0 Å². The minimum atomic E-state index is 1.01. The van der Waals surface area contributed by atoms with Gasteiger partial charge in [-0.3, -0.25) is 4.98 Å². The van der Waals surface area contributed by atoms with E-state index >= 15 is 0 Å². The molecule has 2 heterocycles. The van der Waals surface area contributed by atoms with Gasteiger partial charge < -0.3 is 0 Å². The molecule has 0 radical (unpaired) electrons. The largest absolute Gasteiger partial charge is 0.256 e. The van der Waals surface area contributed by atoms with Gasteiger partial charge in [-0.2, -0.15) is 5.10 Å². The number of hydrogen-bond donors (Lipinski definition) is 0. The Labute approximate surface area is 93.4 Å². The first kappa shape index (κ1) is 9.09. The van der Waals surface area contributed by atoms with Crippen LogP contribution in [0.3, 0.4) is 0 Å². The van der Waals surface area contributed by atoms with E-state index in [0.717, 1.165) is 22.3 Å². The van der Waals surface area contributed by atoms with Gasteiger partial charge in [0.2, 0.25) is 0 Å². The Bertz CT molecular complexity index is 640. The summed E-state index contributed by atoms with van der Waals surface area (Å²) in [5, 5.41) is 5.42. The van der Waals surface area contributed by atoms with Gasteiger partial charge in [-0.1, -0.05) is 6.07 Å². The van der Waals surface area contributed by atoms with Gasteiger partial charge in [-0.15, -0.1) is 0 Å². The maximum absolute atomic E-state index is 4.30. The molecule has 0 saturated carbocycles. The Hall–Kier alpha value is -2.16. The van der Waals surface area contributed by atoms with E-state index in [1.54, 1.807) is 6.20 Å². The summed E-state index contributed by atoms with van der Waals surface area (Å²) in [5.74, 6) is 0. The van der Waals surface area contributed by atoms with Crippen molar-refractivity contribution in [3.05, 3.63) is 54.5 Å². The minimum Gasteiger partial charge on any atom is -0.256 e. The third-order valence-electron chi connectivity index (χ3n) is 2.66. The molecular formula is C13H11N3. The van der Waals surface area contributed by atoms with E-state index in [-0.39, 0.29) is 0 Å². The third-order valence-corrected chi connectivity index (χ3v) is 2.66. The average Bonchev–Trinajstić information content (AvgIpc) is 2.75. The van der Waals surface area contributed by atoms with E-state index in [1.807, 2.05) is 42.1 Å². The first-order chi connectivity index (χ1) is 7.84. The van der Waals surface area contributed by atoms with Crippen LogP contribution in [0.1, 0.15) is 5.69 Å². The second-order valence-corrected chi connectivity index (χ2v) is 3.76. The van der Waals surface area contributed by atoms with Crippen molar-refractivity contribution in [1.29, 1.82) is 0 Å². The SMILES string of the molecule is Cc1ccnn1-c1ccc2ncccc2c1. The molecule has 1 aromatic carbocycles. The van der Waals surface area contributed by atoms with Gasteiger partial charge >= 0.3 is 0 Å². The van der Waals surface area contributed by atoms with Crippen LogP contribution in [-0.4, -0.2) is 14.8 Å². The van der Waals surface area contributed by atoms with Crippen LogP contribution in [0.2, 0.25) is 0 Å². The van der Waals surface area contributed by atoms with Gasteiger partial charge in [0.25, 0.3) is 0 Å². The second kappa shape index (κ2) is 3.45. The molecule has 16 heavy (non-hydrogen) atoms. The lowest BCUT2D eigenvalue weighted by atomic mass is 10.2. The molecule has 0 aliphatic rings. The molecule has 0 amide bonds. The van der Waals surface area contributed by atoms with E-state index in [4.69, 9.17) is 0 Å². The van der Waals surface area contributed by atoms with E-state index < -0.39 is 0 Å². The summed E-state index contributed by atoms with van der Waals surface area (Å²) in [5.41, 5.74) is 3.21. The maximum Gasteiger partial charge on any atom is 0.0703 e. The van der Waals surface area contributed by atoms with Gasteiger partial charge in [0.1, 0.15) is 0 Å². The molecular weight excluding hydrogens is 198 g/mol. The molecule has 0 spiro atoms. The summed E-state index contributed by atoms with van der Waals surface area (Å²) in [6.45, 7) is 2.04. The topological polar surface area (TPSA) is 30.7 Å². The molecule has 3 aromatic rings. The number of rotatable bonds is 1. The fourth-order valence-corrected chi connectivity index (χ4v) is 1.83. The summed E-state index contributed by atoms with van der Waals surface area (Å²) in [6, 6.07) is 12.2. The van der Waals surface area contributed by atoms with Gasteiger partial charge in [-0.25, -0.2) is 4.68 Å². The molecule has 0 saturated heterocycles. The van der Waals surface area contributed by atoms with E-state index in [0.29, 0.717) is 0 Å².